The van der Waals surface area contributed by atoms with E-state index in [1.54, 1.807) is 7.05 Å². The highest BCUT2D eigenvalue weighted by Gasteiger charge is 2.13. The number of amides is 2. The van der Waals surface area contributed by atoms with Gasteiger partial charge in [0.15, 0.2) is 0 Å². The molecular formula is C18H21ClN2O2. The van der Waals surface area contributed by atoms with Gasteiger partial charge in [0, 0.05) is 30.3 Å². The fourth-order valence-electron chi connectivity index (χ4n) is 2.59. The Morgan fingerprint density at radius 1 is 1.04 bits per heavy atom. The molecule has 0 radical (unpaired) electrons. The van der Waals surface area contributed by atoms with Crippen LogP contribution in [0.4, 0.5) is 0 Å². The molecule has 0 fully saturated rings. The Balaban J connectivity index is 2.04. The Morgan fingerprint density at radius 3 is 2.39 bits per heavy atom. The van der Waals surface area contributed by atoms with E-state index in [1.807, 2.05) is 43.3 Å². The van der Waals surface area contributed by atoms with Gasteiger partial charge in [-0.05, 0) is 30.4 Å². The van der Waals surface area contributed by atoms with Gasteiger partial charge in [-0.2, -0.15) is 0 Å². The number of nitrogens with one attached hydrogen (secondary N) is 2. The van der Waals surface area contributed by atoms with Crippen molar-refractivity contribution in [2.75, 3.05) is 7.05 Å². The minimum absolute atomic E-state index is 0.0467. The second-order valence-corrected chi connectivity index (χ2v) is 5.91. The van der Waals surface area contributed by atoms with Crippen molar-refractivity contribution in [3.8, 4) is 0 Å². The van der Waals surface area contributed by atoms with Gasteiger partial charge >= 0.3 is 0 Å². The maximum absolute atomic E-state index is 12.0. The van der Waals surface area contributed by atoms with Crippen molar-refractivity contribution in [2.24, 2.45) is 0 Å². The third-order valence-electron chi connectivity index (χ3n) is 3.84. The van der Waals surface area contributed by atoms with E-state index < -0.39 is 0 Å². The van der Waals surface area contributed by atoms with Gasteiger partial charge in [-0.25, -0.2) is 0 Å². The monoisotopic (exact) mass is 332 g/mol. The summed E-state index contributed by atoms with van der Waals surface area (Å²) in [6.45, 7) is 1.95. The summed E-state index contributed by atoms with van der Waals surface area (Å²) in [5, 5.41) is 8.25. The van der Waals surface area contributed by atoms with Crippen molar-refractivity contribution >= 4 is 34.2 Å². The van der Waals surface area contributed by atoms with Crippen LogP contribution in [0.1, 0.15) is 37.8 Å². The van der Waals surface area contributed by atoms with Crippen molar-refractivity contribution in [3.05, 3.63) is 47.0 Å². The Hall–Kier alpha value is -2.07. The van der Waals surface area contributed by atoms with Gasteiger partial charge in [0.05, 0.1) is 6.04 Å². The molecule has 0 saturated carbocycles. The molecule has 0 spiro atoms. The smallest absolute Gasteiger partial charge is 0.220 e. The zero-order chi connectivity index (χ0) is 16.8. The van der Waals surface area contributed by atoms with Crippen LogP contribution in [-0.2, 0) is 9.59 Å². The third kappa shape index (κ3) is 4.45. The lowest BCUT2D eigenvalue weighted by atomic mass is 9.99. The molecule has 5 heteroatoms. The van der Waals surface area contributed by atoms with Crippen LogP contribution in [0.15, 0.2) is 36.4 Å². The number of benzene rings is 2. The highest BCUT2D eigenvalue weighted by Crippen LogP contribution is 2.29. The van der Waals surface area contributed by atoms with E-state index in [0.29, 0.717) is 24.3 Å². The molecule has 0 aliphatic heterocycles. The molecule has 2 N–H and O–H groups in total. The van der Waals surface area contributed by atoms with Gasteiger partial charge < -0.3 is 10.6 Å². The summed E-state index contributed by atoms with van der Waals surface area (Å²) < 4.78 is 0. The molecule has 122 valence electrons. The molecule has 1 unspecified atom stereocenters. The molecule has 1 atom stereocenters. The summed E-state index contributed by atoms with van der Waals surface area (Å²) in [6.07, 6.45) is 1.24. The Bertz CT molecular complexity index is 715. The largest absolute Gasteiger partial charge is 0.359 e. The number of carbonyl (C=O) groups is 2. The molecule has 0 heterocycles. The molecule has 2 rings (SSSR count). The molecule has 0 aromatic heterocycles. The topological polar surface area (TPSA) is 58.2 Å². The van der Waals surface area contributed by atoms with E-state index in [1.165, 1.54) is 0 Å². The lowest BCUT2D eigenvalue weighted by Gasteiger charge is -2.17. The highest BCUT2D eigenvalue weighted by atomic mass is 35.5. The van der Waals surface area contributed by atoms with Crippen molar-refractivity contribution in [1.82, 2.24) is 10.6 Å². The highest BCUT2D eigenvalue weighted by molar-refractivity contribution is 6.35. The summed E-state index contributed by atoms with van der Waals surface area (Å²) in [5.41, 5.74) is 1.03. The fourth-order valence-corrected chi connectivity index (χ4v) is 2.82. The van der Waals surface area contributed by atoms with Crippen LogP contribution in [-0.4, -0.2) is 18.9 Å². The zero-order valence-corrected chi connectivity index (χ0v) is 14.1. The molecule has 0 bridgehead atoms. The first-order valence-electron chi connectivity index (χ1n) is 7.70. The standard InChI is InChI=1S/C18H21ClN2O2/c1-12(21-18(23)9-5-8-17(22)20-2)13-10-11-16(19)15-7-4-3-6-14(13)15/h3-4,6-7,10-12H,5,8-9H2,1-2H3,(H,20,22)(H,21,23). The van der Waals surface area contributed by atoms with Crippen molar-refractivity contribution in [2.45, 2.75) is 32.2 Å². The molecule has 2 aromatic carbocycles. The van der Waals surface area contributed by atoms with Gasteiger partial charge in [-0.3, -0.25) is 9.59 Å². The van der Waals surface area contributed by atoms with Crippen LogP contribution in [0, 0.1) is 0 Å². The summed E-state index contributed by atoms with van der Waals surface area (Å²) >= 11 is 6.23. The Kier molecular flexibility index (Phi) is 5.99. The van der Waals surface area contributed by atoms with E-state index in [2.05, 4.69) is 10.6 Å². The van der Waals surface area contributed by atoms with Crippen molar-refractivity contribution < 1.29 is 9.59 Å². The number of fused-ring (bicyclic) bond motifs is 1. The predicted molar refractivity (Wildman–Crippen MR) is 93.4 cm³/mol. The van der Waals surface area contributed by atoms with Crippen LogP contribution < -0.4 is 10.6 Å². The van der Waals surface area contributed by atoms with E-state index >= 15 is 0 Å². The molecule has 23 heavy (non-hydrogen) atoms. The number of hydrogen-bond acceptors (Lipinski definition) is 2. The molecule has 0 saturated heterocycles. The van der Waals surface area contributed by atoms with Crippen LogP contribution in [0.3, 0.4) is 0 Å². The minimum Gasteiger partial charge on any atom is -0.359 e. The van der Waals surface area contributed by atoms with Gasteiger partial charge in [-0.1, -0.05) is 41.9 Å². The van der Waals surface area contributed by atoms with Crippen LogP contribution in [0.2, 0.25) is 5.02 Å². The normalized spacial score (nSPS) is 12.0. The number of halogens is 1. The Labute approximate surface area is 141 Å². The quantitative estimate of drug-likeness (QED) is 0.849. The maximum atomic E-state index is 12.0. The van der Waals surface area contributed by atoms with Crippen LogP contribution in [0.5, 0.6) is 0 Å². The average molecular weight is 333 g/mol. The number of hydrogen-bond donors (Lipinski definition) is 2. The maximum Gasteiger partial charge on any atom is 0.220 e. The molecule has 0 aliphatic rings. The SMILES string of the molecule is CNC(=O)CCCC(=O)NC(C)c1ccc(Cl)c2ccccc12. The summed E-state index contributed by atoms with van der Waals surface area (Å²) in [5.74, 6) is -0.102. The summed E-state index contributed by atoms with van der Waals surface area (Å²) in [4.78, 5) is 23.2. The third-order valence-corrected chi connectivity index (χ3v) is 4.16. The van der Waals surface area contributed by atoms with E-state index in [9.17, 15) is 9.59 Å². The Morgan fingerprint density at radius 2 is 1.70 bits per heavy atom. The van der Waals surface area contributed by atoms with E-state index in [0.717, 1.165) is 16.3 Å². The van der Waals surface area contributed by atoms with E-state index in [4.69, 9.17) is 11.6 Å². The first-order valence-corrected chi connectivity index (χ1v) is 8.08. The fraction of sp³-hybridized carbons (Fsp3) is 0.333. The second-order valence-electron chi connectivity index (χ2n) is 5.50. The van der Waals surface area contributed by atoms with Gasteiger partial charge in [-0.15, -0.1) is 0 Å². The van der Waals surface area contributed by atoms with Gasteiger partial charge in [0.2, 0.25) is 11.8 Å². The molecule has 4 nitrogen and oxygen atoms in total. The van der Waals surface area contributed by atoms with Crippen molar-refractivity contribution in [1.29, 1.82) is 0 Å². The lowest BCUT2D eigenvalue weighted by Crippen LogP contribution is -2.27. The first-order chi connectivity index (χ1) is 11.0. The summed E-state index contributed by atoms with van der Waals surface area (Å²) in [7, 11) is 1.59. The number of rotatable bonds is 6. The second kappa shape index (κ2) is 7.97. The summed E-state index contributed by atoms with van der Waals surface area (Å²) in [6, 6.07) is 11.6. The number of carbonyl (C=O) groups excluding carboxylic acids is 2. The minimum atomic E-state index is -0.121. The molecule has 2 aromatic rings. The van der Waals surface area contributed by atoms with Crippen LogP contribution >= 0.6 is 11.6 Å². The van der Waals surface area contributed by atoms with Crippen molar-refractivity contribution in [3.63, 3.8) is 0 Å². The zero-order valence-electron chi connectivity index (χ0n) is 13.4. The predicted octanol–water partition coefficient (Wildman–Crippen LogP) is 3.59. The first kappa shape index (κ1) is 17.3. The lowest BCUT2D eigenvalue weighted by molar-refractivity contribution is -0.122. The van der Waals surface area contributed by atoms with Gasteiger partial charge in [0.25, 0.3) is 0 Å². The van der Waals surface area contributed by atoms with E-state index in [-0.39, 0.29) is 17.9 Å². The molecular weight excluding hydrogens is 312 g/mol. The van der Waals surface area contributed by atoms with Gasteiger partial charge in [0.1, 0.15) is 0 Å². The molecule has 2 amide bonds. The average Bonchev–Trinajstić information content (AvgIpc) is 2.55. The van der Waals surface area contributed by atoms with Crippen LogP contribution in [0.25, 0.3) is 10.8 Å². The molecule has 0 aliphatic carbocycles.